The minimum Gasteiger partial charge on any atom is -0.497 e. The average molecular weight is 321 g/mol. The van der Waals surface area contributed by atoms with E-state index in [1.165, 1.54) is 12.1 Å². The van der Waals surface area contributed by atoms with Crippen molar-refractivity contribution < 1.29 is 18.6 Å². The Labute approximate surface area is 134 Å². The normalized spacial score (nSPS) is 12.2. The van der Waals surface area contributed by atoms with Crippen molar-refractivity contribution in [2.75, 3.05) is 13.7 Å². The van der Waals surface area contributed by atoms with Gasteiger partial charge in [0.25, 0.3) is 0 Å². The van der Waals surface area contributed by atoms with Crippen molar-refractivity contribution in [3.05, 3.63) is 65.2 Å². The van der Waals surface area contributed by atoms with Crippen LogP contribution in [-0.2, 0) is 13.0 Å². The van der Waals surface area contributed by atoms with E-state index in [1.807, 2.05) is 24.3 Å². The standard InChI is InChI=1S/C18H21F2NO2/c1-23-18-4-2-3-14(9-18)11-21-12-17(22)6-5-13-7-15(19)10-16(20)8-13/h2-4,7-10,17,21-22H,5-6,11-12H2,1H3/t17-/m1/s1. The highest BCUT2D eigenvalue weighted by atomic mass is 19.1. The lowest BCUT2D eigenvalue weighted by Crippen LogP contribution is -2.26. The van der Waals surface area contributed by atoms with Crippen molar-refractivity contribution in [3.8, 4) is 5.75 Å². The first-order valence-corrected chi connectivity index (χ1v) is 7.53. The maximum absolute atomic E-state index is 13.1. The minimum absolute atomic E-state index is 0.412. The highest BCUT2D eigenvalue weighted by molar-refractivity contribution is 5.28. The molecule has 1 atom stereocenters. The van der Waals surface area contributed by atoms with Gasteiger partial charge in [0, 0.05) is 19.2 Å². The van der Waals surface area contributed by atoms with Crippen LogP contribution in [0.3, 0.4) is 0 Å². The highest BCUT2D eigenvalue weighted by Crippen LogP contribution is 2.13. The number of halogens is 2. The lowest BCUT2D eigenvalue weighted by molar-refractivity contribution is 0.161. The fourth-order valence-electron chi connectivity index (χ4n) is 2.36. The quantitative estimate of drug-likeness (QED) is 0.785. The second-order valence-electron chi connectivity index (χ2n) is 5.45. The molecule has 0 aliphatic heterocycles. The monoisotopic (exact) mass is 321 g/mol. The molecular weight excluding hydrogens is 300 g/mol. The van der Waals surface area contributed by atoms with E-state index in [0.29, 0.717) is 31.5 Å². The zero-order valence-corrected chi connectivity index (χ0v) is 13.1. The Morgan fingerprint density at radius 1 is 1.09 bits per heavy atom. The number of aliphatic hydroxyl groups excluding tert-OH is 1. The minimum atomic E-state index is -0.592. The Morgan fingerprint density at radius 3 is 2.52 bits per heavy atom. The van der Waals surface area contributed by atoms with Crippen LogP contribution in [0.4, 0.5) is 8.78 Å². The van der Waals surface area contributed by atoms with Gasteiger partial charge in [0.15, 0.2) is 0 Å². The number of hydrogen-bond donors (Lipinski definition) is 2. The zero-order chi connectivity index (χ0) is 16.7. The third-order valence-electron chi connectivity index (χ3n) is 3.53. The van der Waals surface area contributed by atoms with Crippen LogP contribution in [0, 0.1) is 11.6 Å². The summed E-state index contributed by atoms with van der Waals surface area (Å²) in [6.07, 6.45) is 0.289. The van der Waals surface area contributed by atoms with Crippen molar-refractivity contribution in [2.24, 2.45) is 0 Å². The van der Waals surface area contributed by atoms with Crippen LogP contribution < -0.4 is 10.1 Å². The average Bonchev–Trinajstić information content (AvgIpc) is 2.52. The summed E-state index contributed by atoms with van der Waals surface area (Å²) < 4.78 is 31.3. The van der Waals surface area contributed by atoms with E-state index in [-0.39, 0.29) is 0 Å². The molecule has 0 heterocycles. The third-order valence-corrected chi connectivity index (χ3v) is 3.53. The molecule has 124 valence electrons. The smallest absolute Gasteiger partial charge is 0.126 e. The molecule has 0 saturated carbocycles. The summed E-state index contributed by atoms with van der Waals surface area (Å²) >= 11 is 0. The van der Waals surface area contributed by atoms with E-state index in [0.717, 1.165) is 17.4 Å². The largest absolute Gasteiger partial charge is 0.497 e. The molecule has 2 aromatic rings. The topological polar surface area (TPSA) is 41.5 Å². The number of rotatable bonds is 8. The molecule has 3 nitrogen and oxygen atoms in total. The Hall–Kier alpha value is -1.98. The molecule has 0 saturated heterocycles. The van der Waals surface area contributed by atoms with E-state index in [4.69, 9.17) is 4.74 Å². The summed E-state index contributed by atoms with van der Waals surface area (Å²) in [5.41, 5.74) is 1.61. The lowest BCUT2D eigenvalue weighted by Gasteiger charge is -2.12. The summed E-state index contributed by atoms with van der Waals surface area (Å²) in [5, 5.41) is 13.1. The second kappa shape index (κ2) is 8.60. The number of hydrogen-bond acceptors (Lipinski definition) is 3. The molecule has 0 amide bonds. The van der Waals surface area contributed by atoms with Gasteiger partial charge in [0.05, 0.1) is 13.2 Å². The fourth-order valence-corrected chi connectivity index (χ4v) is 2.36. The summed E-state index contributed by atoms with van der Waals surface area (Å²) in [4.78, 5) is 0. The maximum atomic E-state index is 13.1. The number of aliphatic hydroxyl groups is 1. The molecule has 0 aliphatic carbocycles. The van der Waals surface area contributed by atoms with Gasteiger partial charge in [-0.15, -0.1) is 0 Å². The Kier molecular flexibility index (Phi) is 6.50. The van der Waals surface area contributed by atoms with Crippen molar-refractivity contribution in [1.82, 2.24) is 5.32 Å². The van der Waals surface area contributed by atoms with Crippen molar-refractivity contribution in [3.63, 3.8) is 0 Å². The highest BCUT2D eigenvalue weighted by Gasteiger charge is 2.07. The predicted octanol–water partition coefficient (Wildman–Crippen LogP) is 3.06. The van der Waals surface area contributed by atoms with Crippen molar-refractivity contribution in [2.45, 2.75) is 25.5 Å². The third kappa shape index (κ3) is 5.96. The zero-order valence-electron chi connectivity index (χ0n) is 13.1. The van der Waals surface area contributed by atoms with Gasteiger partial charge < -0.3 is 15.2 Å². The van der Waals surface area contributed by atoms with Crippen LogP contribution in [-0.4, -0.2) is 24.9 Å². The molecule has 0 fully saturated rings. The molecule has 2 aromatic carbocycles. The fraction of sp³-hybridized carbons (Fsp3) is 0.333. The molecule has 23 heavy (non-hydrogen) atoms. The molecule has 0 aromatic heterocycles. The van der Waals surface area contributed by atoms with Crippen molar-refractivity contribution in [1.29, 1.82) is 0 Å². The first kappa shape index (κ1) is 17.4. The molecule has 0 bridgehead atoms. The van der Waals surface area contributed by atoms with Gasteiger partial charge in [0.1, 0.15) is 17.4 Å². The van der Waals surface area contributed by atoms with Gasteiger partial charge in [0.2, 0.25) is 0 Å². The molecule has 0 unspecified atom stereocenters. The predicted molar refractivity (Wildman–Crippen MR) is 85.4 cm³/mol. The van der Waals surface area contributed by atoms with Crippen LogP contribution in [0.2, 0.25) is 0 Å². The van der Waals surface area contributed by atoms with Crippen molar-refractivity contribution >= 4 is 0 Å². The van der Waals surface area contributed by atoms with Gasteiger partial charge in [-0.2, -0.15) is 0 Å². The molecule has 2 N–H and O–H groups in total. The number of aryl methyl sites for hydroxylation is 1. The van der Waals surface area contributed by atoms with Crippen LogP contribution in [0.25, 0.3) is 0 Å². The van der Waals surface area contributed by atoms with E-state index >= 15 is 0 Å². The number of methoxy groups -OCH3 is 1. The van der Waals surface area contributed by atoms with E-state index in [1.54, 1.807) is 7.11 Å². The van der Waals surface area contributed by atoms with Crippen LogP contribution in [0.5, 0.6) is 5.75 Å². The van der Waals surface area contributed by atoms with Gasteiger partial charge in [-0.3, -0.25) is 0 Å². The first-order valence-electron chi connectivity index (χ1n) is 7.53. The van der Waals surface area contributed by atoms with Crippen LogP contribution in [0.15, 0.2) is 42.5 Å². The number of ether oxygens (including phenoxy) is 1. The maximum Gasteiger partial charge on any atom is 0.126 e. The van der Waals surface area contributed by atoms with Gasteiger partial charge in [-0.25, -0.2) is 8.78 Å². The van der Waals surface area contributed by atoms with Crippen LogP contribution >= 0.6 is 0 Å². The van der Waals surface area contributed by atoms with E-state index in [9.17, 15) is 13.9 Å². The Morgan fingerprint density at radius 2 is 1.83 bits per heavy atom. The summed E-state index contributed by atoms with van der Waals surface area (Å²) in [7, 11) is 1.62. The summed E-state index contributed by atoms with van der Waals surface area (Å²) in [6, 6.07) is 11.1. The Bertz CT molecular complexity index is 614. The van der Waals surface area contributed by atoms with Gasteiger partial charge >= 0.3 is 0 Å². The Balaban J connectivity index is 1.73. The second-order valence-corrected chi connectivity index (χ2v) is 5.45. The summed E-state index contributed by atoms with van der Waals surface area (Å²) in [5.74, 6) is -0.394. The van der Waals surface area contributed by atoms with E-state index < -0.39 is 17.7 Å². The molecule has 2 rings (SSSR count). The lowest BCUT2D eigenvalue weighted by atomic mass is 10.1. The molecular formula is C18H21F2NO2. The first-order chi connectivity index (χ1) is 11.1. The molecule has 5 heteroatoms. The summed E-state index contributed by atoms with van der Waals surface area (Å²) in [6.45, 7) is 1.03. The number of nitrogens with one attached hydrogen (secondary N) is 1. The number of benzene rings is 2. The van der Waals surface area contributed by atoms with Gasteiger partial charge in [-0.1, -0.05) is 12.1 Å². The molecule has 0 aliphatic rings. The molecule has 0 radical (unpaired) electrons. The SMILES string of the molecule is COc1cccc(CNC[C@H](O)CCc2cc(F)cc(F)c2)c1. The molecule has 0 spiro atoms. The van der Waals surface area contributed by atoms with Crippen LogP contribution in [0.1, 0.15) is 17.5 Å². The van der Waals surface area contributed by atoms with Gasteiger partial charge in [-0.05, 0) is 48.2 Å². The van der Waals surface area contributed by atoms with E-state index in [2.05, 4.69) is 5.32 Å².